The second-order valence-corrected chi connectivity index (χ2v) is 8.69. The Morgan fingerprint density at radius 3 is 2.21 bits per heavy atom. The Kier molecular flexibility index (Phi) is 6.42. The molecule has 0 saturated heterocycles. The molecule has 3 amide bonds. The van der Waals surface area contributed by atoms with E-state index >= 15 is 0 Å². The number of anilines is 1. The first kappa shape index (κ1) is 21.4. The minimum absolute atomic E-state index is 0.115. The van der Waals surface area contributed by atoms with Crippen LogP contribution in [0.15, 0.2) is 41.3 Å². The number of nitrogens with zero attached hydrogens (tertiary/aromatic N) is 1. The average molecular weight is 404 g/mol. The van der Waals surface area contributed by atoms with E-state index < -0.39 is 16.1 Å². The van der Waals surface area contributed by atoms with Crippen molar-refractivity contribution in [2.45, 2.75) is 25.3 Å². The van der Waals surface area contributed by atoms with Crippen molar-refractivity contribution in [3.63, 3.8) is 0 Å². The number of carbonyl (C=O) groups is 2. The third kappa shape index (κ3) is 4.87. The largest absolute Gasteiger partial charge is 0.351 e. The van der Waals surface area contributed by atoms with Crippen molar-refractivity contribution in [1.29, 1.82) is 0 Å². The number of hydrogen-bond donors (Lipinski definition) is 3. The molecule has 0 aromatic heterocycles. The monoisotopic (exact) mass is 404 g/mol. The Balaban J connectivity index is 2.18. The molecule has 9 heteroatoms. The lowest BCUT2D eigenvalue weighted by atomic mass is 10.1. The summed E-state index contributed by atoms with van der Waals surface area (Å²) in [6, 6.07) is 9.24. The first-order chi connectivity index (χ1) is 13.0. The Bertz CT molecular complexity index is 999. The van der Waals surface area contributed by atoms with Crippen LogP contribution in [-0.4, -0.2) is 38.8 Å². The molecule has 0 saturated carbocycles. The molecule has 2 rings (SSSR count). The number of sulfonamides is 1. The van der Waals surface area contributed by atoms with Gasteiger partial charge in [0.1, 0.15) is 0 Å². The van der Waals surface area contributed by atoms with Crippen molar-refractivity contribution in [2.75, 3.05) is 19.4 Å². The minimum atomic E-state index is -3.66. The Morgan fingerprint density at radius 2 is 1.68 bits per heavy atom. The van der Waals surface area contributed by atoms with E-state index in [-0.39, 0.29) is 22.9 Å². The number of nitrogens with two attached hydrogens (primary N) is 1. The molecule has 0 unspecified atom stereocenters. The maximum absolute atomic E-state index is 12.5. The van der Waals surface area contributed by atoms with E-state index in [0.717, 1.165) is 15.4 Å². The Hall–Kier alpha value is -2.91. The molecule has 28 heavy (non-hydrogen) atoms. The maximum atomic E-state index is 12.5. The fraction of sp³-hybridized carbons (Fsp3) is 0.263. The first-order valence-corrected chi connectivity index (χ1v) is 9.93. The van der Waals surface area contributed by atoms with Crippen molar-refractivity contribution in [2.24, 2.45) is 5.73 Å². The summed E-state index contributed by atoms with van der Waals surface area (Å²) in [5.41, 5.74) is 8.03. The molecule has 0 aliphatic heterocycles. The van der Waals surface area contributed by atoms with Crippen LogP contribution >= 0.6 is 0 Å². The van der Waals surface area contributed by atoms with E-state index in [1.165, 1.54) is 20.2 Å². The summed E-state index contributed by atoms with van der Waals surface area (Å²) in [5.74, 6) is -0.377. The van der Waals surface area contributed by atoms with Crippen LogP contribution in [-0.2, 0) is 16.6 Å². The van der Waals surface area contributed by atoms with E-state index in [1.807, 2.05) is 0 Å². The van der Waals surface area contributed by atoms with Crippen LogP contribution in [0.25, 0.3) is 0 Å². The van der Waals surface area contributed by atoms with E-state index in [4.69, 9.17) is 5.73 Å². The van der Waals surface area contributed by atoms with Gasteiger partial charge < -0.3 is 16.4 Å². The van der Waals surface area contributed by atoms with Gasteiger partial charge in [-0.25, -0.2) is 17.5 Å². The van der Waals surface area contributed by atoms with Crippen molar-refractivity contribution < 1.29 is 18.0 Å². The highest BCUT2D eigenvalue weighted by Gasteiger charge is 2.22. The zero-order valence-corrected chi connectivity index (χ0v) is 17.1. The fourth-order valence-corrected chi connectivity index (χ4v) is 3.77. The Labute approximate surface area is 164 Å². The summed E-state index contributed by atoms with van der Waals surface area (Å²) in [6.07, 6.45) is 0. The van der Waals surface area contributed by atoms with Gasteiger partial charge >= 0.3 is 6.03 Å². The van der Waals surface area contributed by atoms with E-state index in [1.54, 1.807) is 44.2 Å². The zero-order valence-electron chi connectivity index (χ0n) is 16.2. The fourth-order valence-electron chi connectivity index (χ4n) is 2.56. The van der Waals surface area contributed by atoms with Crippen LogP contribution in [0.5, 0.6) is 0 Å². The number of rotatable bonds is 6. The summed E-state index contributed by atoms with van der Waals surface area (Å²) < 4.78 is 26.2. The number of primary amides is 1. The highest BCUT2D eigenvalue weighted by molar-refractivity contribution is 7.89. The van der Waals surface area contributed by atoms with Crippen LogP contribution in [0.1, 0.15) is 27.0 Å². The van der Waals surface area contributed by atoms with Crippen molar-refractivity contribution in [1.82, 2.24) is 9.62 Å². The van der Waals surface area contributed by atoms with Crippen molar-refractivity contribution in [3.05, 3.63) is 58.7 Å². The molecule has 0 radical (unpaired) electrons. The molecule has 0 spiro atoms. The van der Waals surface area contributed by atoms with E-state index in [9.17, 15) is 18.0 Å². The smallest absolute Gasteiger partial charge is 0.316 e. The van der Waals surface area contributed by atoms with Crippen molar-refractivity contribution in [3.8, 4) is 0 Å². The van der Waals surface area contributed by atoms with Gasteiger partial charge in [0.15, 0.2) is 0 Å². The van der Waals surface area contributed by atoms with Gasteiger partial charge in [0.05, 0.1) is 4.90 Å². The van der Waals surface area contributed by atoms with Gasteiger partial charge in [0, 0.05) is 31.9 Å². The zero-order chi connectivity index (χ0) is 21.1. The van der Waals surface area contributed by atoms with Crippen LogP contribution in [0.2, 0.25) is 0 Å². The summed E-state index contributed by atoms with van der Waals surface area (Å²) in [6.45, 7) is 3.73. The van der Waals surface area contributed by atoms with Crippen molar-refractivity contribution >= 4 is 27.6 Å². The third-order valence-corrected chi connectivity index (χ3v) is 6.26. The molecule has 150 valence electrons. The molecule has 2 aromatic rings. The number of urea groups is 1. The first-order valence-electron chi connectivity index (χ1n) is 8.49. The second-order valence-electron chi connectivity index (χ2n) is 6.57. The van der Waals surface area contributed by atoms with Gasteiger partial charge in [-0.05, 0) is 54.8 Å². The lowest BCUT2D eigenvalue weighted by molar-refractivity contribution is 0.0950. The summed E-state index contributed by atoms with van der Waals surface area (Å²) in [7, 11) is -0.755. The average Bonchev–Trinajstić information content (AvgIpc) is 2.62. The van der Waals surface area contributed by atoms with Crippen LogP contribution < -0.4 is 16.4 Å². The van der Waals surface area contributed by atoms with Gasteiger partial charge in [0.25, 0.3) is 5.91 Å². The number of nitrogens with one attached hydrogen (secondary N) is 2. The van der Waals surface area contributed by atoms with E-state index in [0.29, 0.717) is 11.3 Å². The molecule has 0 bridgehead atoms. The number of hydrogen-bond acceptors (Lipinski definition) is 4. The molecule has 4 N–H and O–H groups in total. The molecule has 0 heterocycles. The number of amides is 3. The lowest BCUT2D eigenvalue weighted by Crippen LogP contribution is -2.26. The minimum Gasteiger partial charge on any atom is -0.351 e. The van der Waals surface area contributed by atoms with Gasteiger partial charge in [0.2, 0.25) is 10.0 Å². The van der Waals surface area contributed by atoms with E-state index in [2.05, 4.69) is 10.6 Å². The normalized spacial score (nSPS) is 11.3. The SMILES string of the molecule is Cc1cc(C(=O)NCc2ccc(NC(N)=O)cc2)cc(S(=O)(=O)N(C)C)c1C. The summed E-state index contributed by atoms with van der Waals surface area (Å²) in [4.78, 5) is 23.5. The molecule has 0 fully saturated rings. The Morgan fingerprint density at radius 1 is 1.07 bits per heavy atom. The topological polar surface area (TPSA) is 122 Å². The highest BCUT2D eigenvalue weighted by Crippen LogP contribution is 2.23. The number of benzene rings is 2. The molecule has 8 nitrogen and oxygen atoms in total. The molecule has 2 aromatic carbocycles. The quantitative estimate of drug-likeness (QED) is 0.681. The van der Waals surface area contributed by atoms with Crippen LogP contribution in [0.3, 0.4) is 0 Å². The molecule has 0 atom stereocenters. The summed E-state index contributed by atoms with van der Waals surface area (Å²) in [5, 5.41) is 5.22. The van der Waals surface area contributed by atoms with Gasteiger partial charge in [-0.3, -0.25) is 4.79 Å². The number of aryl methyl sites for hydroxylation is 1. The molecular formula is C19H24N4O4S. The number of carbonyl (C=O) groups excluding carboxylic acids is 2. The summed E-state index contributed by atoms with van der Waals surface area (Å²) >= 11 is 0. The van der Waals surface area contributed by atoms with Crippen LogP contribution in [0, 0.1) is 13.8 Å². The predicted octanol–water partition coefficient (Wildman–Crippen LogP) is 1.97. The van der Waals surface area contributed by atoms with Gasteiger partial charge in [-0.2, -0.15) is 0 Å². The molecular weight excluding hydrogens is 380 g/mol. The lowest BCUT2D eigenvalue weighted by Gasteiger charge is -2.16. The molecule has 0 aliphatic rings. The highest BCUT2D eigenvalue weighted by atomic mass is 32.2. The van der Waals surface area contributed by atoms with Gasteiger partial charge in [-0.15, -0.1) is 0 Å². The van der Waals surface area contributed by atoms with Crippen LogP contribution in [0.4, 0.5) is 10.5 Å². The van der Waals surface area contributed by atoms with Gasteiger partial charge in [-0.1, -0.05) is 12.1 Å². The standard InChI is InChI=1S/C19H24N4O4S/c1-12-9-15(10-17(13(12)2)28(26,27)23(3)4)18(24)21-11-14-5-7-16(8-6-14)22-19(20)25/h5-10H,11H2,1-4H3,(H,21,24)(H3,20,22,25). The maximum Gasteiger partial charge on any atom is 0.316 e. The second kappa shape index (κ2) is 8.41. The third-order valence-electron chi connectivity index (χ3n) is 4.32. The predicted molar refractivity (Wildman–Crippen MR) is 108 cm³/mol. The molecule has 0 aliphatic carbocycles.